The molecule has 190 valence electrons. The molecule has 0 saturated carbocycles. The summed E-state index contributed by atoms with van der Waals surface area (Å²) >= 11 is 0. The van der Waals surface area contributed by atoms with Crippen LogP contribution in [0.25, 0.3) is 11.0 Å². The van der Waals surface area contributed by atoms with Gasteiger partial charge in [-0.05, 0) is 58.9 Å². The number of fused-ring (bicyclic) bond motifs is 2. The van der Waals surface area contributed by atoms with Crippen molar-refractivity contribution in [1.29, 1.82) is 0 Å². The molecule has 37 heavy (non-hydrogen) atoms. The first-order valence-electron chi connectivity index (χ1n) is 12.0. The van der Waals surface area contributed by atoms with Crippen LogP contribution < -0.4 is 10.4 Å². The summed E-state index contributed by atoms with van der Waals surface area (Å²) in [5.74, 6) is -0.454. The first-order valence-corrected chi connectivity index (χ1v) is 12.0. The molecule has 0 saturated heterocycles. The predicted octanol–water partition coefficient (Wildman–Crippen LogP) is 6.60. The lowest BCUT2D eigenvalue weighted by molar-refractivity contribution is 0.0900. The summed E-state index contributed by atoms with van der Waals surface area (Å²) in [6, 6.07) is 13.4. The molecule has 2 aromatic carbocycles. The van der Waals surface area contributed by atoms with Gasteiger partial charge in [-0.3, -0.25) is 4.90 Å². The quantitative estimate of drug-likeness (QED) is 0.316. The number of hydrogen-bond acceptors (Lipinski definition) is 5. The van der Waals surface area contributed by atoms with E-state index in [0.29, 0.717) is 29.9 Å². The largest absolute Gasteiger partial charge is 0.465 e. The lowest BCUT2D eigenvalue weighted by atomic mass is 9.82. The number of aryl methyl sites for hydroxylation is 1. The van der Waals surface area contributed by atoms with Crippen LogP contribution in [0, 0.1) is 18.2 Å². The van der Waals surface area contributed by atoms with Crippen LogP contribution >= 0.6 is 0 Å². The molecule has 3 heterocycles. The van der Waals surface area contributed by atoms with Gasteiger partial charge in [0, 0.05) is 29.6 Å². The van der Waals surface area contributed by atoms with E-state index < -0.39 is 17.5 Å². The molecule has 7 nitrogen and oxygen atoms in total. The highest BCUT2D eigenvalue weighted by molar-refractivity contribution is 5.82. The molecule has 0 radical (unpaired) electrons. The molecule has 4 aromatic rings. The molecule has 0 fully saturated rings. The van der Waals surface area contributed by atoms with Crippen molar-refractivity contribution in [3.05, 3.63) is 98.8 Å². The fourth-order valence-corrected chi connectivity index (χ4v) is 5.13. The molecule has 1 amide bonds. The third kappa shape index (κ3) is 4.55. The van der Waals surface area contributed by atoms with Crippen molar-refractivity contribution >= 4 is 17.1 Å². The van der Waals surface area contributed by atoms with Gasteiger partial charge in [0.1, 0.15) is 11.3 Å². The Hall–Kier alpha value is -4.20. The summed E-state index contributed by atoms with van der Waals surface area (Å²) in [5.41, 5.74) is 3.76. The van der Waals surface area contributed by atoms with Gasteiger partial charge >= 0.3 is 11.7 Å². The first kappa shape index (κ1) is 24.5. The number of rotatable bonds is 4. The van der Waals surface area contributed by atoms with E-state index in [2.05, 4.69) is 4.98 Å². The van der Waals surface area contributed by atoms with Gasteiger partial charge in [-0.2, -0.15) is 0 Å². The van der Waals surface area contributed by atoms with Crippen molar-refractivity contribution in [1.82, 2.24) is 9.88 Å². The smallest absolute Gasteiger partial charge is 0.408 e. The number of nitrogens with zero attached hydrogens (tertiary/aromatic N) is 2. The summed E-state index contributed by atoms with van der Waals surface area (Å²) in [6.07, 6.45) is 0.831. The number of carbonyl (C=O) groups is 1. The Morgan fingerprint density at radius 2 is 2.00 bits per heavy atom. The fraction of sp³-hybridized carbons (Fsp3) is 0.276. The van der Waals surface area contributed by atoms with Crippen molar-refractivity contribution in [3.63, 3.8) is 0 Å². The van der Waals surface area contributed by atoms with Crippen LogP contribution in [0.3, 0.4) is 0 Å². The third-order valence-electron chi connectivity index (χ3n) is 6.80. The Morgan fingerprint density at radius 3 is 2.70 bits per heavy atom. The second-order valence-corrected chi connectivity index (χ2v) is 10.4. The second kappa shape index (κ2) is 9.03. The van der Waals surface area contributed by atoms with E-state index in [1.165, 1.54) is 23.2 Å². The Bertz CT molecular complexity index is 1590. The highest BCUT2D eigenvalue weighted by Gasteiger charge is 2.40. The number of benzene rings is 2. The van der Waals surface area contributed by atoms with E-state index in [9.17, 15) is 19.1 Å². The van der Waals surface area contributed by atoms with Gasteiger partial charge in [-0.15, -0.1) is 0 Å². The van der Waals surface area contributed by atoms with E-state index in [1.807, 2.05) is 45.9 Å². The van der Waals surface area contributed by atoms with Crippen molar-refractivity contribution in [2.24, 2.45) is 5.41 Å². The molecule has 1 atom stereocenters. The summed E-state index contributed by atoms with van der Waals surface area (Å²) in [7, 11) is 0. The maximum Gasteiger partial charge on any atom is 0.408 e. The zero-order valence-corrected chi connectivity index (χ0v) is 21.0. The molecule has 5 rings (SSSR count). The molecule has 0 spiro atoms. The molecule has 1 aliphatic heterocycles. The summed E-state index contributed by atoms with van der Waals surface area (Å²) in [6.45, 7) is 8.27. The van der Waals surface area contributed by atoms with E-state index in [-0.39, 0.29) is 17.3 Å². The van der Waals surface area contributed by atoms with Crippen molar-refractivity contribution in [3.8, 4) is 11.6 Å². The Kier molecular flexibility index (Phi) is 5.98. The summed E-state index contributed by atoms with van der Waals surface area (Å²) in [4.78, 5) is 30.2. The lowest BCUT2D eigenvalue weighted by Crippen LogP contribution is -2.35. The highest BCUT2D eigenvalue weighted by atomic mass is 19.1. The Balaban J connectivity index is 1.46. The number of aromatic nitrogens is 1. The molecular formula is C29H27FN2O5. The summed E-state index contributed by atoms with van der Waals surface area (Å²) in [5, 5.41) is 10.5. The van der Waals surface area contributed by atoms with Crippen LogP contribution in [0.1, 0.15) is 54.6 Å². The van der Waals surface area contributed by atoms with Gasteiger partial charge < -0.3 is 14.3 Å². The maximum atomic E-state index is 13.9. The van der Waals surface area contributed by atoms with E-state index in [0.717, 1.165) is 27.6 Å². The molecule has 0 aliphatic carbocycles. The third-order valence-corrected chi connectivity index (χ3v) is 6.80. The van der Waals surface area contributed by atoms with Crippen molar-refractivity contribution < 1.29 is 23.4 Å². The van der Waals surface area contributed by atoms with E-state index in [1.54, 1.807) is 18.2 Å². The monoisotopic (exact) mass is 502 g/mol. The molecule has 0 bridgehead atoms. The van der Waals surface area contributed by atoms with Crippen LogP contribution in [-0.4, -0.2) is 21.1 Å². The standard InChI is InChI=1S/C29H27FN2O5/c1-16-20-10-8-19(36-26-23(30)6-5-11-31-26)14-24(20)37-27(33)22(16)13-17-7-9-21-18(12-17)15-32(28(34)35)25(21)29(2,3)4/h5-12,14,25H,13,15H2,1-4H3,(H,34,35). The molecule has 1 N–H and O–H groups in total. The molecule has 2 aromatic heterocycles. The zero-order chi connectivity index (χ0) is 26.5. The maximum absolute atomic E-state index is 13.9. The average Bonchev–Trinajstić information content (AvgIpc) is 3.23. The number of halogens is 1. The lowest BCUT2D eigenvalue weighted by Gasteiger charge is -2.34. The van der Waals surface area contributed by atoms with Gasteiger partial charge in [-0.1, -0.05) is 39.0 Å². The Morgan fingerprint density at radius 1 is 1.22 bits per heavy atom. The SMILES string of the molecule is Cc1c(Cc2ccc3c(c2)CN(C(=O)O)C3C(C)(C)C)c(=O)oc2cc(Oc3ncccc3F)ccc12. The van der Waals surface area contributed by atoms with Crippen LogP contribution in [0.5, 0.6) is 11.6 Å². The molecular weight excluding hydrogens is 475 g/mol. The topological polar surface area (TPSA) is 92.9 Å². The molecule has 1 aliphatic rings. The fourth-order valence-electron chi connectivity index (χ4n) is 5.13. The van der Waals surface area contributed by atoms with Gasteiger partial charge in [0.05, 0.1) is 12.6 Å². The average molecular weight is 503 g/mol. The van der Waals surface area contributed by atoms with Crippen molar-refractivity contribution in [2.45, 2.75) is 46.7 Å². The summed E-state index contributed by atoms with van der Waals surface area (Å²) < 4.78 is 25.1. The molecule has 8 heteroatoms. The van der Waals surface area contributed by atoms with Gasteiger partial charge in [0.2, 0.25) is 0 Å². The van der Waals surface area contributed by atoms with Gasteiger partial charge in [0.15, 0.2) is 5.82 Å². The van der Waals surface area contributed by atoms with Crippen LogP contribution in [0.4, 0.5) is 9.18 Å². The number of hydrogen-bond donors (Lipinski definition) is 1. The van der Waals surface area contributed by atoms with Gasteiger partial charge in [-0.25, -0.2) is 19.0 Å². The second-order valence-electron chi connectivity index (χ2n) is 10.4. The minimum atomic E-state index is -0.946. The number of ether oxygens (including phenoxy) is 1. The van der Waals surface area contributed by atoms with Gasteiger partial charge in [0.25, 0.3) is 5.88 Å². The zero-order valence-electron chi connectivity index (χ0n) is 21.0. The van der Waals surface area contributed by atoms with E-state index in [4.69, 9.17) is 9.15 Å². The first-order chi connectivity index (χ1) is 17.5. The normalized spacial score (nSPS) is 15.2. The van der Waals surface area contributed by atoms with Crippen LogP contribution in [-0.2, 0) is 13.0 Å². The number of amides is 1. The van der Waals surface area contributed by atoms with Crippen LogP contribution in [0.2, 0.25) is 0 Å². The predicted molar refractivity (Wildman–Crippen MR) is 137 cm³/mol. The number of pyridine rings is 1. The molecule has 1 unspecified atom stereocenters. The van der Waals surface area contributed by atoms with E-state index >= 15 is 0 Å². The minimum Gasteiger partial charge on any atom is -0.465 e. The Labute approximate surface area is 213 Å². The van der Waals surface area contributed by atoms with Crippen molar-refractivity contribution in [2.75, 3.05) is 0 Å². The highest BCUT2D eigenvalue weighted by Crippen LogP contribution is 2.45. The number of carboxylic acid groups (broad SMARTS) is 1. The minimum absolute atomic E-state index is 0.163. The van der Waals surface area contributed by atoms with Crippen LogP contribution in [0.15, 0.2) is 63.9 Å².